The summed E-state index contributed by atoms with van der Waals surface area (Å²) in [5, 5.41) is 5.03. The number of thioether (sulfide) groups is 1. The molecule has 0 saturated carbocycles. The highest BCUT2D eigenvalue weighted by Gasteiger charge is 2.14. The number of aromatic nitrogens is 6. The van der Waals surface area contributed by atoms with Crippen molar-refractivity contribution in [1.82, 2.24) is 35.0 Å². The quantitative estimate of drug-likeness (QED) is 0.359. The van der Waals surface area contributed by atoms with Crippen molar-refractivity contribution < 1.29 is 9.18 Å². The van der Waals surface area contributed by atoms with Gasteiger partial charge in [-0.25, -0.2) is 23.9 Å². The number of hydrogen-bond donors (Lipinski definition) is 2. The molecule has 11 heteroatoms. The van der Waals surface area contributed by atoms with Crippen LogP contribution in [0.1, 0.15) is 27.3 Å². The molecule has 0 spiro atoms. The number of rotatable bonds is 6. The van der Waals surface area contributed by atoms with E-state index in [0.717, 1.165) is 23.1 Å². The number of hydrogen-bond acceptors (Lipinski definition) is 8. The number of fused-ring (bicyclic) bond motifs is 1. The summed E-state index contributed by atoms with van der Waals surface area (Å²) in [6.45, 7) is 3.85. The Morgan fingerprint density at radius 3 is 2.90 bits per heavy atom. The normalized spacial score (nSPS) is 10.9. The van der Waals surface area contributed by atoms with E-state index in [-0.39, 0.29) is 5.82 Å². The smallest absolute Gasteiger partial charge is 0.269 e. The molecule has 3 aromatic heterocycles. The fraction of sp³-hybridized carbons (Fsp3) is 0.158. The molecule has 1 aromatic carbocycles. The number of nitrogens with one attached hydrogen (secondary N) is 2. The van der Waals surface area contributed by atoms with Gasteiger partial charge >= 0.3 is 0 Å². The van der Waals surface area contributed by atoms with Gasteiger partial charge in [-0.1, -0.05) is 30.0 Å². The number of carbonyl (C=O) groups is 1. The zero-order chi connectivity index (χ0) is 21.1. The van der Waals surface area contributed by atoms with E-state index in [2.05, 4.69) is 35.9 Å². The van der Waals surface area contributed by atoms with Crippen LogP contribution in [0.3, 0.4) is 0 Å². The molecule has 4 rings (SSSR count). The highest BCUT2D eigenvalue weighted by Crippen LogP contribution is 2.23. The summed E-state index contributed by atoms with van der Waals surface area (Å²) in [6, 6.07) is 9.07. The van der Waals surface area contributed by atoms with E-state index in [9.17, 15) is 9.18 Å². The number of nitrogens with zero attached hydrogens (tertiary/aromatic N) is 6. The predicted octanol–water partition coefficient (Wildman–Crippen LogP) is 2.72. The Balaban J connectivity index is 1.47. The Morgan fingerprint density at radius 2 is 2.07 bits per heavy atom. The molecule has 0 aliphatic rings. The van der Waals surface area contributed by atoms with Gasteiger partial charge in [0.2, 0.25) is 5.16 Å². The lowest BCUT2D eigenvalue weighted by Crippen LogP contribution is -2.31. The molecule has 1 amide bonds. The molecular formula is C19H17FN8OS. The van der Waals surface area contributed by atoms with Crippen molar-refractivity contribution in [2.45, 2.75) is 24.8 Å². The van der Waals surface area contributed by atoms with E-state index >= 15 is 0 Å². The molecule has 0 atom stereocenters. The third-order valence-electron chi connectivity index (χ3n) is 4.18. The molecule has 9 nitrogen and oxygen atoms in total. The fourth-order valence-electron chi connectivity index (χ4n) is 2.81. The third-order valence-corrected chi connectivity index (χ3v) is 5.07. The van der Waals surface area contributed by atoms with Gasteiger partial charge in [-0.3, -0.25) is 15.6 Å². The zero-order valence-corrected chi connectivity index (χ0v) is 16.9. The molecule has 2 N–H and O–H groups in total. The first-order valence-corrected chi connectivity index (χ1v) is 9.93. The number of aryl methyl sites for hydroxylation is 2. The Morgan fingerprint density at radius 1 is 1.23 bits per heavy atom. The summed E-state index contributed by atoms with van der Waals surface area (Å²) < 4.78 is 15.3. The molecule has 0 bridgehead atoms. The first kappa shape index (κ1) is 19.7. The van der Waals surface area contributed by atoms with Crippen LogP contribution in [0.15, 0.2) is 48.0 Å². The van der Waals surface area contributed by atoms with Crippen LogP contribution >= 0.6 is 11.8 Å². The van der Waals surface area contributed by atoms with Crippen LogP contribution in [0.5, 0.6) is 0 Å². The van der Waals surface area contributed by atoms with Gasteiger partial charge in [0.05, 0.1) is 6.20 Å². The van der Waals surface area contributed by atoms with Crippen LogP contribution in [0.25, 0.3) is 5.78 Å². The molecule has 0 aliphatic carbocycles. The van der Waals surface area contributed by atoms with Gasteiger partial charge in [-0.2, -0.15) is 4.98 Å². The van der Waals surface area contributed by atoms with Gasteiger partial charge in [-0.05, 0) is 31.5 Å². The number of halogens is 1. The Hall–Kier alpha value is -3.60. The number of hydrazine groups is 1. The van der Waals surface area contributed by atoms with Crippen LogP contribution in [0.4, 0.5) is 10.2 Å². The van der Waals surface area contributed by atoms with E-state index < -0.39 is 11.7 Å². The van der Waals surface area contributed by atoms with Crippen molar-refractivity contribution in [3.63, 3.8) is 0 Å². The molecule has 0 aliphatic heterocycles. The number of amides is 1. The van der Waals surface area contributed by atoms with Gasteiger partial charge in [-0.15, -0.1) is 5.10 Å². The van der Waals surface area contributed by atoms with E-state index in [1.807, 2.05) is 32.0 Å². The van der Waals surface area contributed by atoms with Gasteiger partial charge < -0.3 is 0 Å². The average molecular weight is 424 g/mol. The zero-order valence-electron chi connectivity index (χ0n) is 16.1. The van der Waals surface area contributed by atoms with E-state index in [4.69, 9.17) is 0 Å². The number of carbonyl (C=O) groups excluding carboxylic acids is 1. The summed E-state index contributed by atoms with van der Waals surface area (Å²) in [5.74, 6) is -0.186. The van der Waals surface area contributed by atoms with Gasteiger partial charge in [0.25, 0.3) is 11.7 Å². The molecule has 0 saturated heterocycles. The molecule has 0 fully saturated rings. The minimum atomic E-state index is -0.668. The minimum absolute atomic E-state index is 0.114. The third kappa shape index (κ3) is 4.20. The van der Waals surface area contributed by atoms with Crippen molar-refractivity contribution in [3.8, 4) is 0 Å². The second kappa shape index (κ2) is 8.41. The van der Waals surface area contributed by atoms with Crippen molar-refractivity contribution in [1.29, 1.82) is 0 Å². The van der Waals surface area contributed by atoms with Crippen LogP contribution in [0.2, 0.25) is 0 Å². The summed E-state index contributed by atoms with van der Waals surface area (Å²) in [5.41, 5.74) is 7.97. The van der Waals surface area contributed by atoms with Crippen molar-refractivity contribution >= 4 is 29.3 Å². The lowest BCUT2D eigenvalue weighted by Gasteiger charge is -2.11. The molecule has 30 heavy (non-hydrogen) atoms. The molecule has 0 radical (unpaired) electrons. The number of anilines is 1. The van der Waals surface area contributed by atoms with Gasteiger partial charge in [0.15, 0.2) is 11.6 Å². The van der Waals surface area contributed by atoms with Crippen molar-refractivity contribution in [3.05, 3.63) is 71.2 Å². The maximum absolute atomic E-state index is 13.6. The minimum Gasteiger partial charge on any atom is -0.279 e. The molecule has 0 unspecified atom stereocenters. The van der Waals surface area contributed by atoms with Crippen LogP contribution < -0.4 is 10.9 Å². The average Bonchev–Trinajstić information content (AvgIpc) is 3.15. The van der Waals surface area contributed by atoms with Crippen LogP contribution in [0, 0.1) is 19.7 Å². The number of benzene rings is 1. The highest BCUT2D eigenvalue weighted by atomic mass is 32.2. The first-order valence-electron chi connectivity index (χ1n) is 8.95. The first-order chi connectivity index (χ1) is 14.5. The summed E-state index contributed by atoms with van der Waals surface area (Å²) in [7, 11) is 0. The Bertz CT molecular complexity index is 1230. The Labute approximate surface area is 175 Å². The SMILES string of the molecule is Cc1cc(C)n2nc(SCc3ccccc3C(=O)NNc3ncncc3F)nc2n1. The monoisotopic (exact) mass is 424 g/mol. The van der Waals surface area contributed by atoms with Crippen LogP contribution in [-0.2, 0) is 5.75 Å². The molecule has 152 valence electrons. The fourth-order valence-corrected chi connectivity index (χ4v) is 3.63. The maximum atomic E-state index is 13.6. The summed E-state index contributed by atoms with van der Waals surface area (Å²) in [4.78, 5) is 28.7. The van der Waals surface area contributed by atoms with E-state index in [1.165, 1.54) is 18.1 Å². The second-order valence-electron chi connectivity index (χ2n) is 6.39. The Kier molecular flexibility index (Phi) is 5.53. The summed E-state index contributed by atoms with van der Waals surface area (Å²) in [6.07, 6.45) is 2.19. The second-order valence-corrected chi connectivity index (χ2v) is 7.33. The lowest BCUT2D eigenvalue weighted by molar-refractivity contribution is 0.0961. The van der Waals surface area contributed by atoms with Gasteiger partial charge in [0, 0.05) is 22.7 Å². The van der Waals surface area contributed by atoms with Crippen molar-refractivity contribution in [2.24, 2.45) is 0 Å². The summed E-state index contributed by atoms with van der Waals surface area (Å²) >= 11 is 1.40. The maximum Gasteiger partial charge on any atom is 0.269 e. The molecule has 4 aromatic rings. The lowest BCUT2D eigenvalue weighted by atomic mass is 10.1. The van der Waals surface area contributed by atoms with Crippen LogP contribution in [-0.4, -0.2) is 35.5 Å². The highest BCUT2D eigenvalue weighted by molar-refractivity contribution is 7.98. The van der Waals surface area contributed by atoms with E-state index in [1.54, 1.807) is 16.6 Å². The topological polar surface area (TPSA) is 110 Å². The molecular weight excluding hydrogens is 407 g/mol. The standard InChI is InChI=1S/C19H17FN8OS/c1-11-7-12(2)28-18(23-11)24-19(27-28)30-9-13-5-3-4-6-14(13)17(29)26-25-16-15(20)8-21-10-22-16/h3-8,10H,9H2,1-2H3,(H,26,29)(H,21,22,25). The van der Waals surface area contributed by atoms with Crippen molar-refractivity contribution in [2.75, 3.05) is 5.43 Å². The largest absolute Gasteiger partial charge is 0.279 e. The van der Waals surface area contributed by atoms with E-state index in [0.29, 0.717) is 22.3 Å². The molecule has 3 heterocycles. The van der Waals surface area contributed by atoms with Gasteiger partial charge in [0.1, 0.15) is 6.33 Å². The predicted molar refractivity (Wildman–Crippen MR) is 109 cm³/mol.